The summed E-state index contributed by atoms with van der Waals surface area (Å²) in [4.78, 5) is 23.1. The molecule has 0 spiro atoms. The van der Waals surface area contributed by atoms with Crippen LogP contribution in [0.25, 0.3) is 10.2 Å². The molecule has 0 amide bonds. The SMILES string of the molecule is COc1ccccc1OCC(=O)OCc1nc(N)c2c3c(sc2n1)CCCC3. The van der Waals surface area contributed by atoms with E-state index in [2.05, 4.69) is 9.97 Å². The van der Waals surface area contributed by atoms with Gasteiger partial charge >= 0.3 is 5.97 Å². The molecule has 3 aromatic rings. The fraction of sp³-hybridized carbons (Fsp3) is 0.350. The molecule has 0 aliphatic heterocycles. The smallest absolute Gasteiger partial charge is 0.344 e. The van der Waals surface area contributed by atoms with Crippen LogP contribution in [0.1, 0.15) is 29.1 Å². The van der Waals surface area contributed by atoms with Crippen LogP contribution in [0.4, 0.5) is 5.82 Å². The lowest BCUT2D eigenvalue weighted by atomic mass is 9.97. The molecule has 0 fully saturated rings. The van der Waals surface area contributed by atoms with Crippen molar-refractivity contribution in [2.45, 2.75) is 32.3 Å². The van der Waals surface area contributed by atoms with Gasteiger partial charge in [-0.3, -0.25) is 0 Å². The summed E-state index contributed by atoms with van der Waals surface area (Å²) < 4.78 is 15.9. The Morgan fingerprint density at radius 1 is 1.18 bits per heavy atom. The van der Waals surface area contributed by atoms with Gasteiger partial charge in [-0.2, -0.15) is 0 Å². The topological polar surface area (TPSA) is 96.6 Å². The number of carbonyl (C=O) groups excluding carboxylic acids is 1. The van der Waals surface area contributed by atoms with E-state index in [-0.39, 0.29) is 13.2 Å². The summed E-state index contributed by atoms with van der Waals surface area (Å²) in [7, 11) is 1.54. The summed E-state index contributed by atoms with van der Waals surface area (Å²) >= 11 is 1.66. The molecule has 28 heavy (non-hydrogen) atoms. The van der Waals surface area contributed by atoms with Crippen molar-refractivity contribution in [2.75, 3.05) is 19.5 Å². The zero-order valence-corrected chi connectivity index (χ0v) is 16.4. The van der Waals surface area contributed by atoms with E-state index in [1.54, 1.807) is 36.6 Å². The summed E-state index contributed by atoms with van der Waals surface area (Å²) in [5, 5.41) is 0.967. The van der Waals surface area contributed by atoms with Crippen LogP contribution in [0, 0.1) is 0 Å². The Bertz CT molecular complexity index is 1020. The van der Waals surface area contributed by atoms with Crippen LogP contribution in [0.2, 0.25) is 0 Å². The summed E-state index contributed by atoms with van der Waals surface area (Å²) in [5.41, 5.74) is 7.46. The number of esters is 1. The second-order valence-corrected chi connectivity index (χ2v) is 7.60. The van der Waals surface area contributed by atoms with Crippen LogP contribution in [0.3, 0.4) is 0 Å². The number of aromatic nitrogens is 2. The van der Waals surface area contributed by atoms with Crippen LogP contribution in [-0.4, -0.2) is 29.7 Å². The molecule has 0 atom stereocenters. The third-order valence-corrected chi connectivity index (χ3v) is 5.85. The van der Waals surface area contributed by atoms with Gasteiger partial charge in [0.2, 0.25) is 0 Å². The number of hydrogen-bond donors (Lipinski definition) is 1. The number of rotatable bonds is 6. The summed E-state index contributed by atoms with van der Waals surface area (Å²) in [6.45, 7) is -0.276. The number of ether oxygens (including phenoxy) is 3. The molecule has 0 radical (unpaired) electrons. The van der Waals surface area contributed by atoms with Crippen LogP contribution in [0.5, 0.6) is 11.5 Å². The molecule has 0 unspecified atom stereocenters. The first kappa shape index (κ1) is 18.5. The first-order valence-electron chi connectivity index (χ1n) is 9.14. The standard InChI is InChI=1S/C20H21N3O4S/c1-25-13-7-3-4-8-14(13)26-11-17(24)27-10-16-22-19(21)18-12-6-2-5-9-15(12)28-20(18)23-16/h3-4,7-8H,2,5-6,9-11H2,1H3,(H2,21,22,23). The fourth-order valence-corrected chi connectivity index (χ4v) is 4.65. The number of carbonyl (C=O) groups is 1. The average Bonchev–Trinajstić information content (AvgIpc) is 3.09. The quantitative estimate of drug-likeness (QED) is 0.635. The van der Waals surface area contributed by atoms with E-state index in [0.29, 0.717) is 23.1 Å². The Kier molecular flexibility index (Phi) is 5.29. The van der Waals surface area contributed by atoms with Gasteiger partial charge < -0.3 is 19.9 Å². The molecular formula is C20H21N3O4S. The lowest BCUT2D eigenvalue weighted by molar-refractivity contribution is -0.147. The van der Waals surface area contributed by atoms with Gasteiger partial charge in [-0.1, -0.05) is 12.1 Å². The van der Waals surface area contributed by atoms with Crippen LogP contribution in [0.15, 0.2) is 24.3 Å². The van der Waals surface area contributed by atoms with E-state index in [4.69, 9.17) is 19.9 Å². The maximum absolute atomic E-state index is 12.0. The van der Waals surface area contributed by atoms with E-state index in [1.807, 2.05) is 6.07 Å². The summed E-state index contributed by atoms with van der Waals surface area (Å²) in [6, 6.07) is 7.11. The lowest BCUT2D eigenvalue weighted by Crippen LogP contribution is -2.16. The maximum Gasteiger partial charge on any atom is 0.344 e. The first-order chi connectivity index (χ1) is 13.7. The van der Waals surface area contributed by atoms with E-state index in [0.717, 1.165) is 23.1 Å². The lowest BCUT2D eigenvalue weighted by Gasteiger charge is -2.11. The van der Waals surface area contributed by atoms with Crippen molar-refractivity contribution in [3.63, 3.8) is 0 Å². The van der Waals surface area contributed by atoms with E-state index < -0.39 is 5.97 Å². The Hall–Kier alpha value is -2.87. The molecule has 0 saturated carbocycles. The number of nitrogen functional groups attached to an aromatic ring is 1. The molecule has 2 aromatic heterocycles. The van der Waals surface area contributed by atoms with Crippen LogP contribution >= 0.6 is 11.3 Å². The van der Waals surface area contributed by atoms with Crippen molar-refractivity contribution >= 4 is 33.3 Å². The minimum atomic E-state index is -0.515. The van der Waals surface area contributed by atoms with Gasteiger partial charge in [0.1, 0.15) is 10.6 Å². The molecular weight excluding hydrogens is 378 g/mol. The van der Waals surface area contributed by atoms with Gasteiger partial charge in [-0.25, -0.2) is 14.8 Å². The highest BCUT2D eigenvalue weighted by Gasteiger charge is 2.20. The van der Waals surface area contributed by atoms with Crippen molar-refractivity contribution in [1.29, 1.82) is 0 Å². The molecule has 2 heterocycles. The summed E-state index contributed by atoms with van der Waals surface area (Å²) in [5.74, 6) is 1.38. The minimum Gasteiger partial charge on any atom is -0.493 e. The monoisotopic (exact) mass is 399 g/mol. The van der Waals surface area contributed by atoms with E-state index in [9.17, 15) is 4.79 Å². The van der Waals surface area contributed by atoms with Gasteiger partial charge in [-0.15, -0.1) is 11.3 Å². The third-order valence-electron chi connectivity index (χ3n) is 4.67. The largest absolute Gasteiger partial charge is 0.493 e. The van der Waals surface area contributed by atoms with Gasteiger partial charge in [0.25, 0.3) is 0 Å². The Labute approximate surface area is 166 Å². The number of nitrogens with zero attached hydrogens (tertiary/aromatic N) is 2. The minimum absolute atomic E-state index is 0.0448. The predicted octanol–water partition coefficient (Wildman–Crippen LogP) is 3.28. The Morgan fingerprint density at radius 3 is 2.79 bits per heavy atom. The molecule has 8 heteroatoms. The molecule has 4 rings (SSSR count). The van der Waals surface area contributed by atoms with Crippen molar-refractivity contribution in [3.05, 3.63) is 40.5 Å². The number of nitrogens with two attached hydrogens (primary N) is 1. The normalized spacial score (nSPS) is 13.2. The zero-order chi connectivity index (χ0) is 19.5. The molecule has 0 saturated heterocycles. The number of para-hydroxylation sites is 2. The van der Waals surface area contributed by atoms with Gasteiger partial charge in [0, 0.05) is 4.88 Å². The number of thiophene rings is 1. The molecule has 0 bridgehead atoms. The molecule has 146 valence electrons. The highest BCUT2D eigenvalue weighted by atomic mass is 32.1. The Morgan fingerprint density at radius 2 is 1.96 bits per heavy atom. The second kappa shape index (κ2) is 8.02. The highest BCUT2D eigenvalue weighted by molar-refractivity contribution is 7.19. The molecule has 1 aliphatic rings. The van der Waals surface area contributed by atoms with Crippen molar-refractivity contribution < 1.29 is 19.0 Å². The molecule has 2 N–H and O–H groups in total. The number of methoxy groups -OCH3 is 1. The number of benzene rings is 1. The van der Waals surface area contributed by atoms with Crippen molar-refractivity contribution in [1.82, 2.24) is 9.97 Å². The third kappa shape index (κ3) is 3.73. The van der Waals surface area contributed by atoms with Gasteiger partial charge in [0.15, 0.2) is 30.5 Å². The van der Waals surface area contributed by atoms with Crippen LogP contribution < -0.4 is 15.2 Å². The Balaban J connectivity index is 1.40. The average molecular weight is 399 g/mol. The van der Waals surface area contributed by atoms with Crippen molar-refractivity contribution in [2.24, 2.45) is 0 Å². The van der Waals surface area contributed by atoms with Gasteiger partial charge in [0.05, 0.1) is 12.5 Å². The predicted molar refractivity (Wildman–Crippen MR) is 107 cm³/mol. The highest BCUT2D eigenvalue weighted by Crippen LogP contribution is 2.37. The van der Waals surface area contributed by atoms with E-state index >= 15 is 0 Å². The van der Waals surface area contributed by atoms with Crippen molar-refractivity contribution in [3.8, 4) is 11.5 Å². The van der Waals surface area contributed by atoms with Crippen LogP contribution in [-0.2, 0) is 29.0 Å². The molecule has 7 nitrogen and oxygen atoms in total. The van der Waals surface area contributed by atoms with E-state index in [1.165, 1.54) is 23.3 Å². The number of anilines is 1. The number of hydrogen-bond acceptors (Lipinski definition) is 8. The number of aryl methyl sites for hydroxylation is 2. The fourth-order valence-electron chi connectivity index (χ4n) is 3.36. The number of fused-ring (bicyclic) bond motifs is 3. The molecule has 1 aromatic carbocycles. The second-order valence-electron chi connectivity index (χ2n) is 6.52. The summed E-state index contributed by atoms with van der Waals surface area (Å²) in [6.07, 6.45) is 4.46. The molecule has 1 aliphatic carbocycles. The maximum atomic E-state index is 12.0. The van der Waals surface area contributed by atoms with Gasteiger partial charge in [-0.05, 0) is 43.4 Å². The first-order valence-corrected chi connectivity index (χ1v) is 9.95. The zero-order valence-electron chi connectivity index (χ0n) is 15.6.